The number of aliphatic carboxylic acids is 1. The molecule has 1 aromatic rings. The highest BCUT2D eigenvalue weighted by molar-refractivity contribution is 5.74. The molecule has 0 aliphatic carbocycles. The van der Waals surface area contributed by atoms with Gasteiger partial charge >= 0.3 is 5.97 Å². The second-order valence-electron chi connectivity index (χ2n) is 3.01. The van der Waals surface area contributed by atoms with Crippen molar-refractivity contribution in [3.8, 4) is 0 Å². The summed E-state index contributed by atoms with van der Waals surface area (Å²) in [5.74, 6) is -1.77. The van der Waals surface area contributed by atoms with Crippen LogP contribution in [0.25, 0.3) is 0 Å². The standard InChI is InChI=1S/C9H9FN2O3/c10-6-1-2-8(12-15)5(3-6)4-7(11)9(13)14/h1-3,7H,4,11H2,(H,13,14). The van der Waals surface area contributed by atoms with E-state index in [-0.39, 0.29) is 17.7 Å². The Balaban J connectivity index is 2.96. The number of hydrogen-bond acceptors (Lipinski definition) is 4. The van der Waals surface area contributed by atoms with E-state index in [1.165, 1.54) is 6.07 Å². The maximum absolute atomic E-state index is 12.8. The molecule has 5 nitrogen and oxygen atoms in total. The average molecular weight is 212 g/mol. The first-order chi connectivity index (χ1) is 7.04. The normalized spacial score (nSPS) is 12.1. The molecule has 0 amide bonds. The summed E-state index contributed by atoms with van der Waals surface area (Å²) in [4.78, 5) is 20.8. The summed E-state index contributed by atoms with van der Waals surface area (Å²) < 4.78 is 12.8. The zero-order valence-corrected chi connectivity index (χ0v) is 7.68. The Hall–Kier alpha value is -1.82. The van der Waals surface area contributed by atoms with Crippen LogP contribution in [0.5, 0.6) is 0 Å². The molecule has 0 fully saturated rings. The molecule has 0 heterocycles. The minimum absolute atomic E-state index is 0.00750. The van der Waals surface area contributed by atoms with Gasteiger partial charge in [-0.15, -0.1) is 4.91 Å². The largest absolute Gasteiger partial charge is 0.480 e. The maximum atomic E-state index is 12.8. The number of carbonyl (C=O) groups is 1. The molecule has 15 heavy (non-hydrogen) atoms. The molecule has 80 valence electrons. The number of carboxylic acid groups (broad SMARTS) is 1. The second kappa shape index (κ2) is 4.61. The predicted molar refractivity (Wildman–Crippen MR) is 51.2 cm³/mol. The van der Waals surface area contributed by atoms with E-state index in [9.17, 15) is 14.1 Å². The highest BCUT2D eigenvalue weighted by Crippen LogP contribution is 2.21. The van der Waals surface area contributed by atoms with Crippen LogP contribution in [0.3, 0.4) is 0 Å². The summed E-state index contributed by atoms with van der Waals surface area (Å²) in [7, 11) is 0. The van der Waals surface area contributed by atoms with E-state index >= 15 is 0 Å². The van der Waals surface area contributed by atoms with Gasteiger partial charge in [0, 0.05) is 6.42 Å². The molecule has 3 N–H and O–H groups in total. The summed E-state index contributed by atoms with van der Waals surface area (Å²) in [5.41, 5.74) is 5.46. The van der Waals surface area contributed by atoms with Crippen LogP contribution in [0.2, 0.25) is 0 Å². The number of nitrogens with zero attached hydrogens (tertiary/aromatic N) is 1. The summed E-state index contributed by atoms with van der Waals surface area (Å²) >= 11 is 0. The number of hydrogen-bond donors (Lipinski definition) is 2. The number of rotatable bonds is 4. The average Bonchev–Trinajstić information content (AvgIpc) is 2.18. The van der Waals surface area contributed by atoms with Gasteiger partial charge in [0.05, 0.1) is 0 Å². The third kappa shape index (κ3) is 2.81. The lowest BCUT2D eigenvalue weighted by atomic mass is 10.0. The van der Waals surface area contributed by atoms with E-state index in [2.05, 4.69) is 5.18 Å². The summed E-state index contributed by atoms with van der Waals surface area (Å²) in [6.45, 7) is 0. The molecule has 1 aromatic carbocycles. The fourth-order valence-electron chi connectivity index (χ4n) is 1.13. The molecule has 1 unspecified atom stereocenters. The Morgan fingerprint density at radius 2 is 2.27 bits per heavy atom. The van der Waals surface area contributed by atoms with Crippen LogP contribution in [0.1, 0.15) is 5.56 Å². The van der Waals surface area contributed by atoms with Crippen molar-refractivity contribution < 1.29 is 14.3 Å². The van der Waals surface area contributed by atoms with Gasteiger partial charge in [-0.25, -0.2) is 4.39 Å². The van der Waals surface area contributed by atoms with Gasteiger partial charge < -0.3 is 10.8 Å². The first kappa shape index (κ1) is 11.3. The van der Waals surface area contributed by atoms with Crippen molar-refractivity contribution in [2.24, 2.45) is 10.9 Å². The van der Waals surface area contributed by atoms with E-state index in [1.54, 1.807) is 0 Å². The maximum Gasteiger partial charge on any atom is 0.320 e. The first-order valence-electron chi connectivity index (χ1n) is 4.14. The lowest BCUT2D eigenvalue weighted by Gasteiger charge is -2.07. The van der Waals surface area contributed by atoms with Gasteiger partial charge in [0.1, 0.15) is 17.5 Å². The van der Waals surface area contributed by atoms with Crippen molar-refractivity contribution >= 4 is 11.7 Å². The van der Waals surface area contributed by atoms with Crippen molar-refractivity contribution in [3.63, 3.8) is 0 Å². The lowest BCUT2D eigenvalue weighted by molar-refractivity contribution is -0.138. The monoisotopic (exact) mass is 212 g/mol. The van der Waals surface area contributed by atoms with Crippen molar-refractivity contribution in [2.45, 2.75) is 12.5 Å². The SMILES string of the molecule is NC(Cc1cc(F)ccc1N=O)C(=O)O. The molecule has 6 heteroatoms. The zero-order chi connectivity index (χ0) is 11.4. The Labute approximate surface area is 84.7 Å². The molecule has 0 radical (unpaired) electrons. The number of halogens is 1. The van der Waals surface area contributed by atoms with Gasteiger partial charge in [-0.05, 0) is 28.9 Å². The third-order valence-electron chi connectivity index (χ3n) is 1.90. The van der Waals surface area contributed by atoms with Gasteiger partial charge in [-0.1, -0.05) is 0 Å². The molecule has 1 rings (SSSR count). The van der Waals surface area contributed by atoms with Crippen molar-refractivity contribution in [3.05, 3.63) is 34.5 Å². The highest BCUT2D eigenvalue weighted by atomic mass is 19.1. The molecule has 1 atom stereocenters. The lowest BCUT2D eigenvalue weighted by Crippen LogP contribution is -2.32. The van der Waals surface area contributed by atoms with E-state index < -0.39 is 17.8 Å². The summed E-state index contributed by atoms with van der Waals surface area (Å²) in [6.07, 6.45) is -0.131. The fourth-order valence-corrected chi connectivity index (χ4v) is 1.13. The summed E-state index contributed by atoms with van der Waals surface area (Å²) in [6, 6.07) is 2.14. The molecule has 0 saturated heterocycles. The number of carboxylic acids is 1. The quantitative estimate of drug-likeness (QED) is 0.733. The zero-order valence-electron chi connectivity index (χ0n) is 7.68. The molecule has 0 spiro atoms. The number of nitroso groups, excluding NO2 is 1. The molecular weight excluding hydrogens is 203 g/mol. The van der Waals surface area contributed by atoms with Gasteiger partial charge in [-0.3, -0.25) is 4.79 Å². The molecule has 0 bridgehead atoms. The third-order valence-corrected chi connectivity index (χ3v) is 1.90. The van der Waals surface area contributed by atoms with Gasteiger partial charge in [-0.2, -0.15) is 0 Å². The van der Waals surface area contributed by atoms with Crippen LogP contribution in [0, 0.1) is 10.7 Å². The highest BCUT2D eigenvalue weighted by Gasteiger charge is 2.15. The van der Waals surface area contributed by atoms with Crippen LogP contribution in [-0.4, -0.2) is 17.1 Å². The van der Waals surface area contributed by atoms with Crippen LogP contribution in [0.15, 0.2) is 23.4 Å². The Morgan fingerprint density at radius 1 is 1.60 bits per heavy atom. The van der Waals surface area contributed by atoms with Gasteiger partial charge in [0.15, 0.2) is 0 Å². The molecule has 0 aromatic heterocycles. The van der Waals surface area contributed by atoms with E-state index in [1.807, 2.05) is 0 Å². The van der Waals surface area contributed by atoms with E-state index in [0.717, 1.165) is 12.1 Å². The first-order valence-corrected chi connectivity index (χ1v) is 4.14. The Kier molecular flexibility index (Phi) is 3.46. The van der Waals surface area contributed by atoms with Gasteiger partial charge in [0.25, 0.3) is 0 Å². The van der Waals surface area contributed by atoms with Gasteiger partial charge in [0.2, 0.25) is 0 Å². The van der Waals surface area contributed by atoms with Crippen molar-refractivity contribution in [2.75, 3.05) is 0 Å². The Bertz CT molecular complexity index is 395. The van der Waals surface area contributed by atoms with E-state index in [0.29, 0.717) is 0 Å². The van der Waals surface area contributed by atoms with Crippen LogP contribution in [-0.2, 0) is 11.2 Å². The summed E-state index contributed by atoms with van der Waals surface area (Å²) in [5, 5.41) is 11.2. The van der Waals surface area contributed by atoms with Crippen molar-refractivity contribution in [1.29, 1.82) is 0 Å². The minimum atomic E-state index is -1.21. The van der Waals surface area contributed by atoms with Crippen LogP contribution < -0.4 is 5.73 Å². The molecule has 0 aliphatic rings. The second-order valence-corrected chi connectivity index (χ2v) is 3.01. The van der Waals surface area contributed by atoms with Crippen LogP contribution in [0.4, 0.5) is 10.1 Å². The van der Waals surface area contributed by atoms with E-state index in [4.69, 9.17) is 10.8 Å². The molecule has 0 saturated carbocycles. The molecule has 0 aliphatic heterocycles. The fraction of sp³-hybridized carbons (Fsp3) is 0.222. The smallest absolute Gasteiger partial charge is 0.320 e. The van der Waals surface area contributed by atoms with Crippen LogP contribution >= 0.6 is 0 Å². The predicted octanol–water partition coefficient (Wildman–Crippen LogP) is 1.18. The number of benzene rings is 1. The molecular formula is C9H9FN2O3. The number of nitrogens with two attached hydrogens (primary N) is 1. The minimum Gasteiger partial charge on any atom is -0.480 e. The topological polar surface area (TPSA) is 92.8 Å². The van der Waals surface area contributed by atoms with Crippen molar-refractivity contribution in [1.82, 2.24) is 0 Å². The Morgan fingerprint density at radius 3 is 2.80 bits per heavy atom.